The molecule has 8 nitrogen and oxygen atoms in total. The minimum absolute atomic E-state index is 0.0778. The summed E-state index contributed by atoms with van der Waals surface area (Å²) in [5.41, 5.74) is 0.556. The Labute approximate surface area is 134 Å². The largest absolute Gasteiger partial charge is 0.508 e. The first-order chi connectivity index (χ1) is 11.0. The lowest BCUT2D eigenvalue weighted by molar-refractivity contribution is 0.123. The van der Waals surface area contributed by atoms with Crippen molar-refractivity contribution in [3.05, 3.63) is 41.5 Å². The zero-order valence-corrected chi connectivity index (χ0v) is 13.2. The normalized spacial score (nSPS) is 12.0. The molecule has 0 fully saturated rings. The Balaban J connectivity index is 1.91. The minimum atomic E-state index is -0.876. The monoisotopic (exact) mass is 319 g/mol. The van der Waals surface area contributed by atoms with Crippen LogP contribution in [0.3, 0.4) is 0 Å². The second-order valence-corrected chi connectivity index (χ2v) is 5.15. The second-order valence-electron chi connectivity index (χ2n) is 5.15. The zero-order chi connectivity index (χ0) is 16.8. The van der Waals surface area contributed by atoms with Crippen LogP contribution < -0.4 is 5.32 Å². The molecule has 124 valence electrons. The van der Waals surface area contributed by atoms with Gasteiger partial charge in [-0.3, -0.25) is 5.10 Å². The summed E-state index contributed by atoms with van der Waals surface area (Å²) >= 11 is 0. The number of nitrogens with one attached hydrogen (secondary N) is 2. The number of carbonyl (C=O) groups is 1. The summed E-state index contributed by atoms with van der Waals surface area (Å²) in [6, 6.07) is 6.04. The van der Waals surface area contributed by atoms with Gasteiger partial charge in [-0.2, -0.15) is 5.10 Å². The Morgan fingerprint density at radius 1 is 1.48 bits per heavy atom. The summed E-state index contributed by atoms with van der Waals surface area (Å²) in [6.07, 6.45) is -0.876. The van der Waals surface area contributed by atoms with Gasteiger partial charge in [0, 0.05) is 6.54 Å². The van der Waals surface area contributed by atoms with Crippen molar-refractivity contribution < 1.29 is 15.0 Å². The van der Waals surface area contributed by atoms with Gasteiger partial charge < -0.3 is 20.4 Å². The highest BCUT2D eigenvalue weighted by atomic mass is 16.3. The number of aliphatic hydroxyl groups excluding tert-OH is 1. The van der Waals surface area contributed by atoms with Crippen LogP contribution in [0.25, 0.3) is 0 Å². The molecule has 0 spiro atoms. The highest BCUT2D eigenvalue weighted by Gasteiger charge is 2.18. The van der Waals surface area contributed by atoms with Crippen molar-refractivity contribution in [1.82, 2.24) is 25.4 Å². The number of aromatic nitrogens is 3. The highest BCUT2D eigenvalue weighted by molar-refractivity contribution is 5.74. The van der Waals surface area contributed by atoms with Crippen LogP contribution in [0.1, 0.15) is 30.2 Å². The van der Waals surface area contributed by atoms with E-state index in [1.807, 2.05) is 6.92 Å². The van der Waals surface area contributed by atoms with Gasteiger partial charge in [-0.05, 0) is 31.5 Å². The molecule has 0 bridgehead atoms. The van der Waals surface area contributed by atoms with Gasteiger partial charge in [-0.25, -0.2) is 9.78 Å². The smallest absolute Gasteiger partial charge is 0.317 e. The Bertz CT molecular complexity index is 658. The Kier molecular flexibility index (Phi) is 5.53. The molecule has 2 aromatic rings. The summed E-state index contributed by atoms with van der Waals surface area (Å²) in [6.45, 7) is 4.38. The van der Waals surface area contributed by atoms with Crippen molar-refractivity contribution in [3.63, 3.8) is 0 Å². The molecule has 0 aliphatic heterocycles. The quantitative estimate of drug-likeness (QED) is 0.636. The average Bonchev–Trinajstić information content (AvgIpc) is 2.95. The van der Waals surface area contributed by atoms with Crippen LogP contribution in [0.5, 0.6) is 5.75 Å². The Morgan fingerprint density at radius 3 is 2.87 bits per heavy atom. The zero-order valence-electron chi connectivity index (χ0n) is 13.2. The molecule has 2 rings (SSSR count). The number of rotatable bonds is 6. The standard InChI is InChI=1S/C15H21N5O3/c1-3-20(9-13(22)11-5-4-6-12(21)7-11)15(23)16-8-14-17-10(2)18-19-14/h4-7,13,21-22H,3,8-9H2,1-2H3,(H,16,23)(H,17,18,19)/t13-/m0/s1. The first-order valence-electron chi connectivity index (χ1n) is 7.37. The van der Waals surface area contributed by atoms with Crippen molar-refractivity contribution in [1.29, 1.82) is 0 Å². The number of aryl methyl sites for hydroxylation is 1. The van der Waals surface area contributed by atoms with E-state index in [1.54, 1.807) is 19.1 Å². The van der Waals surface area contributed by atoms with E-state index in [1.165, 1.54) is 17.0 Å². The van der Waals surface area contributed by atoms with Crippen LogP contribution >= 0.6 is 0 Å². The fourth-order valence-electron chi connectivity index (χ4n) is 2.14. The minimum Gasteiger partial charge on any atom is -0.508 e. The van der Waals surface area contributed by atoms with Crippen molar-refractivity contribution >= 4 is 6.03 Å². The summed E-state index contributed by atoms with van der Waals surface area (Å²) < 4.78 is 0. The number of urea groups is 1. The molecule has 0 unspecified atom stereocenters. The summed E-state index contributed by atoms with van der Waals surface area (Å²) in [7, 11) is 0. The number of likely N-dealkylation sites (N-methyl/N-ethyl adjacent to an activating group) is 1. The van der Waals surface area contributed by atoms with Crippen LogP contribution in [0.2, 0.25) is 0 Å². The molecule has 8 heteroatoms. The van der Waals surface area contributed by atoms with Crippen molar-refractivity contribution in [2.24, 2.45) is 0 Å². The Hall–Kier alpha value is -2.61. The summed E-state index contributed by atoms with van der Waals surface area (Å²) in [5.74, 6) is 1.26. The van der Waals surface area contributed by atoms with Gasteiger partial charge in [-0.1, -0.05) is 12.1 Å². The maximum Gasteiger partial charge on any atom is 0.317 e. The molecule has 0 saturated carbocycles. The van der Waals surface area contributed by atoms with E-state index in [2.05, 4.69) is 20.5 Å². The van der Waals surface area contributed by atoms with E-state index in [0.717, 1.165) is 0 Å². The van der Waals surface area contributed by atoms with E-state index in [0.29, 0.717) is 23.8 Å². The number of aromatic hydroxyl groups is 1. The van der Waals surface area contributed by atoms with Gasteiger partial charge in [0.1, 0.15) is 11.6 Å². The lowest BCUT2D eigenvalue weighted by Crippen LogP contribution is -2.41. The second kappa shape index (κ2) is 7.59. The fourth-order valence-corrected chi connectivity index (χ4v) is 2.14. The number of aromatic amines is 1. The predicted molar refractivity (Wildman–Crippen MR) is 83.7 cm³/mol. The topological polar surface area (TPSA) is 114 Å². The number of benzene rings is 1. The van der Waals surface area contributed by atoms with Gasteiger partial charge in [0.15, 0.2) is 5.82 Å². The van der Waals surface area contributed by atoms with Crippen molar-refractivity contribution in [2.75, 3.05) is 13.1 Å². The molecule has 0 radical (unpaired) electrons. The number of aliphatic hydroxyl groups is 1. The molecule has 0 aliphatic carbocycles. The molecule has 1 aromatic carbocycles. The molecule has 2 amide bonds. The lowest BCUT2D eigenvalue weighted by Gasteiger charge is -2.24. The van der Waals surface area contributed by atoms with Gasteiger partial charge in [0.05, 0.1) is 19.2 Å². The summed E-state index contributed by atoms with van der Waals surface area (Å²) in [5, 5.41) is 29.0. The van der Waals surface area contributed by atoms with Crippen LogP contribution in [0, 0.1) is 6.92 Å². The maximum absolute atomic E-state index is 12.2. The number of H-pyrrole nitrogens is 1. The Morgan fingerprint density at radius 2 is 2.26 bits per heavy atom. The van der Waals surface area contributed by atoms with Gasteiger partial charge in [0.2, 0.25) is 0 Å². The van der Waals surface area contributed by atoms with Gasteiger partial charge in [-0.15, -0.1) is 0 Å². The number of hydrogen-bond acceptors (Lipinski definition) is 5. The predicted octanol–water partition coefficient (Wildman–Crippen LogP) is 1.08. The van der Waals surface area contributed by atoms with Crippen LogP contribution in [-0.4, -0.2) is 49.4 Å². The van der Waals surface area contributed by atoms with E-state index in [9.17, 15) is 15.0 Å². The molecule has 1 atom stereocenters. The number of amides is 2. The highest BCUT2D eigenvalue weighted by Crippen LogP contribution is 2.19. The third kappa shape index (κ3) is 4.68. The maximum atomic E-state index is 12.2. The number of phenolic OH excluding ortho intramolecular Hbond substituents is 1. The lowest BCUT2D eigenvalue weighted by atomic mass is 10.1. The molecule has 0 saturated heterocycles. The molecule has 4 N–H and O–H groups in total. The molecule has 0 aliphatic rings. The van der Waals surface area contributed by atoms with Crippen LogP contribution in [0.15, 0.2) is 24.3 Å². The third-order valence-corrected chi connectivity index (χ3v) is 3.36. The first-order valence-corrected chi connectivity index (χ1v) is 7.37. The molecule has 23 heavy (non-hydrogen) atoms. The molecule has 1 aromatic heterocycles. The van der Waals surface area contributed by atoms with Crippen LogP contribution in [-0.2, 0) is 6.54 Å². The number of carbonyl (C=O) groups excluding carboxylic acids is 1. The fraction of sp³-hybridized carbons (Fsp3) is 0.400. The number of hydrogen-bond donors (Lipinski definition) is 4. The van der Waals surface area contributed by atoms with Gasteiger partial charge >= 0.3 is 6.03 Å². The van der Waals surface area contributed by atoms with E-state index in [4.69, 9.17) is 0 Å². The van der Waals surface area contributed by atoms with E-state index < -0.39 is 6.10 Å². The van der Waals surface area contributed by atoms with Crippen molar-refractivity contribution in [2.45, 2.75) is 26.5 Å². The summed E-state index contributed by atoms with van der Waals surface area (Å²) in [4.78, 5) is 17.8. The van der Waals surface area contributed by atoms with Crippen LogP contribution in [0.4, 0.5) is 4.79 Å². The third-order valence-electron chi connectivity index (χ3n) is 3.36. The van der Waals surface area contributed by atoms with Gasteiger partial charge in [0.25, 0.3) is 0 Å². The first kappa shape index (κ1) is 16.8. The van der Waals surface area contributed by atoms with E-state index >= 15 is 0 Å². The number of phenols is 1. The molecule has 1 heterocycles. The van der Waals surface area contributed by atoms with E-state index in [-0.39, 0.29) is 24.9 Å². The number of nitrogens with zero attached hydrogens (tertiary/aromatic N) is 3. The SMILES string of the molecule is CCN(C[C@H](O)c1cccc(O)c1)C(=O)NCc1n[nH]c(C)n1. The molecular formula is C15H21N5O3. The molecular weight excluding hydrogens is 298 g/mol. The average molecular weight is 319 g/mol. The van der Waals surface area contributed by atoms with Crippen molar-refractivity contribution in [3.8, 4) is 5.75 Å².